The molecular weight excluding hydrogens is 521 g/mol. The number of sulfonamides is 1. The highest BCUT2D eigenvalue weighted by Gasteiger charge is 2.33. The molecule has 188 valence electrons. The average molecular weight is 546 g/mol. The summed E-state index contributed by atoms with van der Waals surface area (Å²) in [6, 6.07) is 19.0. The van der Waals surface area contributed by atoms with Crippen LogP contribution in [0.5, 0.6) is 0 Å². The third kappa shape index (κ3) is 5.33. The van der Waals surface area contributed by atoms with E-state index in [4.69, 9.17) is 32.9 Å². The number of hydrogen-bond donors (Lipinski definition) is 0. The Bertz CT molecular complexity index is 1520. The van der Waals surface area contributed by atoms with E-state index < -0.39 is 16.1 Å². The highest BCUT2D eigenvalue weighted by molar-refractivity contribution is 7.89. The number of hydrogen-bond acceptors (Lipinski definition) is 5. The first kappa shape index (κ1) is 26.3. The van der Waals surface area contributed by atoms with E-state index >= 15 is 0 Å². The molecule has 10 heteroatoms. The maximum atomic E-state index is 13.8. The van der Waals surface area contributed by atoms with Crippen molar-refractivity contribution in [2.45, 2.75) is 24.3 Å². The molecule has 7 nitrogen and oxygen atoms in total. The van der Waals surface area contributed by atoms with Crippen LogP contribution < -0.4 is 5.56 Å². The molecule has 1 unspecified atom stereocenters. The zero-order valence-corrected chi connectivity index (χ0v) is 22.1. The van der Waals surface area contributed by atoms with Crippen molar-refractivity contribution >= 4 is 44.1 Å². The minimum atomic E-state index is -3.97. The molecule has 1 aromatic heterocycles. The normalized spacial score (nSPS) is 12.8. The minimum absolute atomic E-state index is 0.0948. The summed E-state index contributed by atoms with van der Waals surface area (Å²) in [6.07, 6.45) is 0.451. The van der Waals surface area contributed by atoms with Gasteiger partial charge in [0.05, 0.1) is 27.5 Å². The first-order valence-corrected chi connectivity index (χ1v) is 13.5. The van der Waals surface area contributed by atoms with Gasteiger partial charge in [-0.25, -0.2) is 13.4 Å². The highest BCUT2D eigenvalue weighted by atomic mass is 35.5. The second kappa shape index (κ2) is 11.1. The van der Waals surface area contributed by atoms with E-state index in [1.165, 1.54) is 33.1 Å². The molecule has 0 spiro atoms. The number of ether oxygens (including phenoxy) is 1. The van der Waals surface area contributed by atoms with Gasteiger partial charge >= 0.3 is 0 Å². The molecule has 3 aromatic carbocycles. The van der Waals surface area contributed by atoms with Gasteiger partial charge in [-0.15, -0.1) is 0 Å². The lowest BCUT2D eigenvalue weighted by atomic mass is 10.2. The maximum Gasteiger partial charge on any atom is 0.266 e. The number of para-hydroxylation sites is 1. The van der Waals surface area contributed by atoms with Gasteiger partial charge < -0.3 is 4.74 Å². The Morgan fingerprint density at radius 3 is 2.22 bits per heavy atom. The van der Waals surface area contributed by atoms with Crippen LogP contribution in [0.1, 0.15) is 25.2 Å². The summed E-state index contributed by atoms with van der Waals surface area (Å²) in [4.78, 5) is 18.5. The van der Waals surface area contributed by atoms with E-state index in [2.05, 4.69) is 0 Å². The monoisotopic (exact) mass is 545 g/mol. The number of benzene rings is 3. The van der Waals surface area contributed by atoms with Crippen molar-refractivity contribution in [2.24, 2.45) is 0 Å². The van der Waals surface area contributed by atoms with Crippen LogP contribution >= 0.6 is 23.2 Å². The molecule has 0 aliphatic heterocycles. The van der Waals surface area contributed by atoms with Crippen molar-refractivity contribution in [2.75, 3.05) is 20.3 Å². The first-order chi connectivity index (χ1) is 17.2. The molecule has 0 saturated heterocycles. The van der Waals surface area contributed by atoms with Crippen LogP contribution in [-0.4, -0.2) is 42.5 Å². The van der Waals surface area contributed by atoms with Gasteiger partial charge in [0, 0.05) is 30.3 Å². The number of nitrogens with zero attached hydrogens (tertiary/aromatic N) is 3. The highest BCUT2D eigenvalue weighted by Crippen LogP contribution is 2.29. The van der Waals surface area contributed by atoms with Crippen LogP contribution in [0, 0.1) is 0 Å². The standard InChI is InChI=1S/C26H25Cl2N3O4S/c1-18(30(16-5-17-35-2)36(33,34)22-14-10-20(28)11-15-22)25-29-24-7-4-3-6-23(24)26(32)31(25)21-12-8-19(27)9-13-21/h3-4,6-15,18H,5,16-17H2,1-2H3. The van der Waals surface area contributed by atoms with Crippen molar-refractivity contribution in [3.05, 3.63) is 99.0 Å². The van der Waals surface area contributed by atoms with Gasteiger partial charge in [-0.1, -0.05) is 35.3 Å². The summed E-state index contributed by atoms with van der Waals surface area (Å²) in [7, 11) is -2.41. The summed E-state index contributed by atoms with van der Waals surface area (Å²) in [6.45, 7) is 2.25. The molecule has 0 amide bonds. The van der Waals surface area contributed by atoms with Gasteiger partial charge in [0.15, 0.2) is 0 Å². The van der Waals surface area contributed by atoms with Gasteiger partial charge in [0.2, 0.25) is 10.0 Å². The van der Waals surface area contributed by atoms with Gasteiger partial charge in [-0.3, -0.25) is 9.36 Å². The molecule has 0 bridgehead atoms. The fourth-order valence-electron chi connectivity index (χ4n) is 4.03. The molecule has 0 aliphatic carbocycles. The summed E-state index contributed by atoms with van der Waals surface area (Å²) >= 11 is 12.1. The second-order valence-corrected chi connectivity index (χ2v) is 11.0. The van der Waals surface area contributed by atoms with Gasteiger partial charge in [0.25, 0.3) is 5.56 Å². The number of aromatic nitrogens is 2. The Kier molecular flexibility index (Phi) is 8.12. The number of fused-ring (bicyclic) bond motifs is 1. The van der Waals surface area contributed by atoms with Crippen LogP contribution in [0.15, 0.2) is 82.5 Å². The van der Waals surface area contributed by atoms with E-state index in [1.807, 2.05) is 0 Å². The van der Waals surface area contributed by atoms with Crippen LogP contribution in [-0.2, 0) is 14.8 Å². The van der Waals surface area contributed by atoms with Crippen molar-refractivity contribution in [3.8, 4) is 5.69 Å². The Balaban J connectivity index is 1.92. The summed E-state index contributed by atoms with van der Waals surface area (Å²) in [5.41, 5.74) is 0.714. The molecule has 1 heterocycles. The quantitative estimate of drug-likeness (QED) is 0.260. The maximum absolute atomic E-state index is 13.8. The Labute approximate surface area is 219 Å². The summed E-state index contributed by atoms with van der Waals surface area (Å²) in [5, 5.41) is 1.37. The number of rotatable bonds is 9. The SMILES string of the molecule is COCCCN(C(C)c1nc2ccccc2c(=O)n1-c1ccc(Cl)cc1)S(=O)(=O)c1ccc(Cl)cc1. The second-order valence-electron chi connectivity index (χ2n) is 8.20. The van der Waals surface area contributed by atoms with E-state index in [1.54, 1.807) is 62.6 Å². The molecule has 0 fully saturated rings. The lowest BCUT2D eigenvalue weighted by Crippen LogP contribution is -2.38. The smallest absolute Gasteiger partial charge is 0.266 e. The lowest BCUT2D eigenvalue weighted by Gasteiger charge is -2.29. The molecule has 4 aromatic rings. The minimum Gasteiger partial charge on any atom is -0.385 e. The zero-order chi connectivity index (χ0) is 25.9. The van der Waals surface area contributed by atoms with Crippen LogP contribution in [0.3, 0.4) is 0 Å². The van der Waals surface area contributed by atoms with E-state index in [-0.39, 0.29) is 22.8 Å². The summed E-state index contributed by atoms with van der Waals surface area (Å²) in [5.74, 6) is 0.288. The predicted octanol–water partition coefficient (Wildman–Crippen LogP) is 5.48. The zero-order valence-electron chi connectivity index (χ0n) is 19.8. The van der Waals surface area contributed by atoms with E-state index in [0.717, 1.165) is 0 Å². The molecule has 4 rings (SSSR count). The van der Waals surface area contributed by atoms with Gasteiger partial charge in [0.1, 0.15) is 5.82 Å². The molecule has 0 N–H and O–H groups in total. The van der Waals surface area contributed by atoms with Gasteiger partial charge in [-0.05, 0) is 74.0 Å². The van der Waals surface area contributed by atoms with Crippen LogP contribution in [0.2, 0.25) is 10.0 Å². The predicted molar refractivity (Wildman–Crippen MR) is 143 cm³/mol. The molecule has 36 heavy (non-hydrogen) atoms. The van der Waals surface area contributed by atoms with Crippen LogP contribution in [0.4, 0.5) is 0 Å². The summed E-state index contributed by atoms with van der Waals surface area (Å²) < 4.78 is 35.6. The Morgan fingerprint density at radius 1 is 0.972 bits per heavy atom. The third-order valence-corrected chi connectivity index (χ3v) is 8.33. The molecule has 1 atom stereocenters. The van der Waals surface area contributed by atoms with E-state index in [9.17, 15) is 13.2 Å². The molecule has 0 radical (unpaired) electrons. The van der Waals surface area contributed by atoms with E-state index in [0.29, 0.717) is 39.7 Å². The van der Waals surface area contributed by atoms with Crippen molar-refractivity contribution < 1.29 is 13.2 Å². The van der Waals surface area contributed by atoms with Crippen LogP contribution in [0.25, 0.3) is 16.6 Å². The van der Waals surface area contributed by atoms with Crippen molar-refractivity contribution in [3.63, 3.8) is 0 Å². The Hall–Kier alpha value is -2.75. The van der Waals surface area contributed by atoms with Crippen molar-refractivity contribution in [1.82, 2.24) is 13.9 Å². The third-order valence-electron chi connectivity index (χ3n) is 5.84. The fraction of sp³-hybridized carbons (Fsp3) is 0.231. The topological polar surface area (TPSA) is 81.5 Å². The molecule has 0 aliphatic rings. The molecule has 0 saturated carbocycles. The Morgan fingerprint density at radius 2 is 1.58 bits per heavy atom. The fourth-order valence-corrected chi connectivity index (χ4v) is 5.91. The first-order valence-electron chi connectivity index (χ1n) is 11.3. The average Bonchev–Trinajstić information content (AvgIpc) is 2.87. The van der Waals surface area contributed by atoms with Crippen molar-refractivity contribution in [1.29, 1.82) is 0 Å². The largest absolute Gasteiger partial charge is 0.385 e. The number of methoxy groups -OCH3 is 1. The molecular formula is C26H25Cl2N3O4S. The lowest BCUT2D eigenvalue weighted by molar-refractivity contribution is 0.182. The number of halogens is 2. The van der Waals surface area contributed by atoms with Gasteiger partial charge in [-0.2, -0.15) is 4.31 Å².